The topological polar surface area (TPSA) is 26.8 Å². The normalized spacial score (nSPS) is 17.7. The molecule has 4 rings (SSSR count). The molecule has 4 heteroatoms. The first-order valence-corrected chi connectivity index (χ1v) is 12.1. The van der Waals surface area contributed by atoms with Crippen molar-refractivity contribution in [1.82, 2.24) is 9.91 Å². The van der Waals surface area contributed by atoms with E-state index >= 15 is 0 Å². The fourth-order valence-corrected chi connectivity index (χ4v) is 5.05. The van der Waals surface area contributed by atoms with Crippen LogP contribution < -0.4 is 5.01 Å². The smallest absolute Gasteiger partial charge is 0.256 e. The van der Waals surface area contributed by atoms with Crippen LogP contribution in [0.1, 0.15) is 37.0 Å². The van der Waals surface area contributed by atoms with Crippen molar-refractivity contribution in [3.8, 4) is 0 Å². The molecule has 0 N–H and O–H groups in total. The van der Waals surface area contributed by atoms with Crippen molar-refractivity contribution in [1.29, 1.82) is 0 Å². The molecule has 0 spiro atoms. The quantitative estimate of drug-likeness (QED) is 0.436. The van der Waals surface area contributed by atoms with Crippen LogP contribution in [0.15, 0.2) is 84.9 Å². The summed E-state index contributed by atoms with van der Waals surface area (Å²) in [5.74, 6) is 0.151. The molecule has 0 radical (unpaired) electrons. The summed E-state index contributed by atoms with van der Waals surface area (Å²) in [5, 5.41) is 4.02. The van der Waals surface area contributed by atoms with Gasteiger partial charge in [0.25, 0.3) is 5.91 Å². The Balaban J connectivity index is 1.72. The minimum atomic E-state index is -0.679. The SMILES string of the molecule is CCN(CC)CC[C@]1(c2ccccc2)C(=O)N(N(C)CCc2ccccc2)c2ccccc21. The van der Waals surface area contributed by atoms with Gasteiger partial charge in [-0.3, -0.25) is 4.79 Å². The van der Waals surface area contributed by atoms with Crippen molar-refractivity contribution in [2.45, 2.75) is 32.1 Å². The number of para-hydroxylation sites is 1. The summed E-state index contributed by atoms with van der Waals surface area (Å²) < 4.78 is 0. The Hall–Kier alpha value is -2.95. The summed E-state index contributed by atoms with van der Waals surface area (Å²) in [6.45, 7) is 7.99. The molecule has 3 aromatic rings. The highest BCUT2D eigenvalue weighted by atomic mass is 16.2. The molecule has 1 atom stereocenters. The fraction of sp³-hybridized carbons (Fsp3) is 0.345. The lowest BCUT2D eigenvalue weighted by molar-refractivity contribution is -0.124. The molecule has 1 aliphatic heterocycles. The molecule has 1 amide bonds. The number of hydrogen-bond donors (Lipinski definition) is 0. The molecule has 172 valence electrons. The van der Waals surface area contributed by atoms with Gasteiger partial charge in [0.1, 0.15) is 5.41 Å². The van der Waals surface area contributed by atoms with E-state index in [4.69, 9.17) is 0 Å². The molecule has 0 unspecified atom stereocenters. The number of anilines is 1. The van der Waals surface area contributed by atoms with Gasteiger partial charge in [0.15, 0.2) is 0 Å². The van der Waals surface area contributed by atoms with Gasteiger partial charge in [-0.25, -0.2) is 10.0 Å². The van der Waals surface area contributed by atoms with Gasteiger partial charge in [-0.15, -0.1) is 0 Å². The summed E-state index contributed by atoms with van der Waals surface area (Å²) in [4.78, 5) is 16.8. The summed E-state index contributed by atoms with van der Waals surface area (Å²) in [6, 6.07) is 29.2. The number of hydrogen-bond acceptors (Lipinski definition) is 3. The molecule has 4 nitrogen and oxygen atoms in total. The molecule has 0 fully saturated rings. The van der Waals surface area contributed by atoms with E-state index in [9.17, 15) is 4.79 Å². The van der Waals surface area contributed by atoms with Gasteiger partial charge in [-0.1, -0.05) is 92.7 Å². The van der Waals surface area contributed by atoms with Crippen LogP contribution >= 0.6 is 0 Å². The van der Waals surface area contributed by atoms with Gasteiger partial charge >= 0.3 is 0 Å². The lowest BCUT2D eigenvalue weighted by atomic mass is 9.72. The Morgan fingerprint density at radius 3 is 2.06 bits per heavy atom. The van der Waals surface area contributed by atoms with Gasteiger partial charge < -0.3 is 4.90 Å². The third-order valence-corrected chi connectivity index (χ3v) is 7.02. The van der Waals surface area contributed by atoms with E-state index in [2.05, 4.69) is 78.4 Å². The lowest BCUT2D eigenvalue weighted by Crippen LogP contribution is -2.50. The maximum absolute atomic E-state index is 14.4. The van der Waals surface area contributed by atoms with E-state index in [1.807, 2.05) is 42.4 Å². The van der Waals surface area contributed by atoms with E-state index in [-0.39, 0.29) is 5.91 Å². The molecular weight excluding hydrogens is 406 g/mol. The van der Waals surface area contributed by atoms with Crippen molar-refractivity contribution in [2.75, 3.05) is 38.2 Å². The summed E-state index contributed by atoms with van der Waals surface area (Å²) in [6.07, 6.45) is 1.65. The number of nitrogens with zero attached hydrogens (tertiary/aromatic N) is 3. The van der Waals surface area contributed by atoms with Crippen LogP contribution in [0.3, 0.4) is 0 Å². The van der Waals surface area contributed by atoms with Crippen molar-refractivity contribution >= 4 is 11.6 Å². The Bertz CT molecular complexity index is 1050. The zero-order chi connectivity index (χ0) is 23.3. The first-order valence-electron chi connectivity index (χ1n) is 12.1. The Morgan fingerprint density at radius 1 is 0.788 bits per heavy atom. The van der Waals surface area contributed by atoms with Gasteiger partial charge in [0.05, 0.1) is 5.69 Å². The number of carbonyl (C=O) groups is 1. The Labute approximate surface area is 198 Å². The molecule has 3 aromatic carbocycles. The van der Waals surface area contributed by atoms with Crippen molar-refractivity contribution in [2.24, 2.45) is 0 Å². The minimum absolute atomic E-state index is 0.151. The zero-order valence-corrected chi connectivity index (χ0v) is 20.1. The number of likely N-dealkylation sites (N-methyl/N-ethyl adjacent to an activating group) is 1. The molecule has 33 heavy (non-hydrogen) atoms. The van der Waals surface area contributed by atoms with Crippen molar-refractivity contribution in [3.05, 3.63) is 102 Å². The molecule has 0 bridgehead atoms. The molecule has 0 saturated heterocycles. The minimum Gasteiger partial charge on any atom is -0.304 e. The number of carbonyl (C=O) groups excluding carboxylic acids is 1. The lowest BCUT2D eigenvalue weighted by Gasteiger charge is -2.34. The average Bonchev–Trinajstić information content (AvgIpc) is 3.13. The molecule has 0 aliphatic carbocycles. The van der Waals surface area contributed by atoms with Gasteiger partial charge in [-0.2, -0.15) is 0 Å². The molecule has 0 saturated carbocycles. The van der Waals surface area contributed by atoms with E-state index in [0.29, 0.717) is 0 Å². The second-order valence-electron chi connectivity index (χ2n) is 8.80. The molecule has 1 heterocycles. The Morgan fingerprint density at radius 2 is 1.39 bits per heavy atom. The summed E-state index contributed by atoms with van der Waals surface area (Å²) in [7, 11) is 2.03. The fourth-order valence-electron chi connectivity index (χ4n) is 5.05. The highest BCUT2D eigenvalue weighted by molar-refractivity contribution is 6.09. The van der Waals surface area contributed by atoms with Crippen LogP contribution in [0.25, 0.3) is 0 Å². The predicted molar refractivity (Wildman–Crippen MR) is 136 cm³/mol. The van der Waals surface area contributed by atoms with Crippen LogP contribution in [0.2, 0.25) is 0 Å². The third-order valence-electron chi connectivity index (χ3n) is 7.02. The van der Waals surface area contributed by atoms with Crippen LogP contribution in [0, 0.1) is 0 Å². The van der Waals surface area contributed by atoms with Crippen molar-refractivity contribution in [3.63, 3.8) is 0 Å². The maximum atomic E-state index is 14.4. The van der Waals surface area contributed by atoms with Crippen molar-refractivity contribution < 1.29 is 4.79 Å². The van der Waals surface area contributed by atoms with E-state index in [1.165, 1.54) is 5.56 Å². The van der Waals surface area contributed by atoms with Crippen LogP contribution in [0.4, 0.5) is 5.69 Å². The standard InChI is InChI=1S/C29H35N3O/c1-4-31(5-2)23-21-29(25-16-10-7-11-17-25)26-18-12-13-19-27(26)32(28(29)33)30(3)22-20-24-14-8-6-9-15-24/h6-19H,4-5,20-23H2,1-3H3/t29-/m1/s1. The second-order valence-corrected chi connectivity index (χ2v) is 8.80. The van der Waals surface area contributed by atoms with Gasteiger partial charge in [0.2, 0.25) is 0 Å². The molecule has 1 aliphatic rings. The van der Waals surface area contributed by atoms with Crippen LogP contribution in [0.5, 0.6) is 0 Å². The first kappa shape index (κ1) is 23.2. The largest absolute Gasteiger partial charge is 0.304 e. The Kier molecular flexibility index (Phi) is 7.26. The first-order chi connectivity index (χ1) is 16.1. The van der Waals surface area contributed by atoms with Gasteiger partial charge in [-0.05, 0) is 55.2 Å². The zero-order valence-electron chi connectivity index (χ0n) is 20.1. The monoisotopic (exact) mass is 441 g/mol. The van der Waals surface area contributed by atoms with E-state index < -0.39 is 5.41 Å². The molecular formula is C29H35N3O. The number of rotatable bonds is 10. The maximum Gasteiger partial charge on any atom is 0.256 e. The number of benzene rings is 3. The highest BCUT2D eigenvalue weighted by Crippen LogP contribution is 2.48. The predicted octanol–water partition coefficient (Wildman–Crippen LogP) is 5.14. The highest BCUT2D eigenvalue weighted by Gasteiger charge is 2.52. The van der Waals surface area contributed by atoms with Crippen LogP contribution in [-0.4, -0.2) is 49.0 Å². The van der Waals surface area contributed by atoms with E-state index in [0.717, 1.165) is 55.8 Å². The third kappa shape index (κ3) is 4.46. The second kappa shape index (κ2) is 10.3. The number of fused-ring (bicyclic) bond motifs is 1. The molecule has 0 aromatic heterocycles. The van der Waals surface area contributed by atoms with E-state index in [1.54, 1.807) is 0 Å². The average molecular weight is 442 g/mol. The summed E-state index contributed by atoms with van der Waals surface area (Å²) in [5.41, 5.74) is 3.79. The van der Waals surface area contributed by atoms with Gasteiger partial charge in [0, 0.05) is 13.6 Å². The number of hydrazine groups is 1. The summed E-state index contributed by atoms with van der Waals surface area (Å²) >= 11 is 0. The van der Waals surface area contributed by atoms with Crippen LogP contribution in [-0.2, 0) is 16.6 Å². The number of amides is 1.